The Morgan fingerprint density at radius 3 is 2.65 bits per heavy atom. The molecule has 0 spiro atoms. The van der Waals surface area contributed by atoms with Crippen LogP contribution in [0.1, 0.15) is 37.0 Å². The quantitative estimate of drug-likeness (QED) is 0.538. The normalized spacial score (nSPS) is 11.9. The van der Waals surface area contributed by atoms with Gasteiger partial charge in [-0.2, -0.15) is 4.99 Å². The first-order valence-corrected chi connectivity index (χ1v) is 9.92. The number of ether oxygens (including phenoxy) is 1. The second-order valence-corrected chi connectivity index (χ2v) is 7.33. The van der Waals surface area contributed by atoms with Gasteiger partial charge in [0.05, 0.1) is 16.8 Å². The fourth-order valence-electron chi connectivity index (χ4n) is 2.62. The van der Waals surface area contributed by atoms with Crippen molar-refractivity contribution in [2.24, 2.45) is 4.99 Å². The molecule has 4 nitrogen and oxygen atoms in total. The predicted octanol–water partition coefficient (Wildman–Crippen LogP) is 5.30. The molecule has 2 aromatic carbocycles. The summed E-state index contributed by atoms with van der Waals surface area (Å²) in [6.45, 7) is 5.58. The van der Waals surface area contributed by atoms with Crippen molar-refractivity contribution in [2.45, 2.75) is 33.2 Å². The Labute approximate surface area is 161 Å². The highest BCUT2D eigenvalue weighted by atomic mass is 35.5. The molecule has 1 heterocycles. The van der Waals surface area contributed by atoms with Gasteiger partial charge in [-0.1, -0.05) is 36.3 Å². The summed E-state index contributed by atoms with van der Waals surface area (Å²) in [6, 6.07) is 12.9. The van der Waals surface area contributed by atoms with Crippen molar-refractivity contribution in [1.29, 1.82) is 0 Å². The molecule has 3 aromatic rings. The first kappa shape index (κ1) is 18.7. The number of aromatic nitrogens is 1. The van der Waals surface area contributed by atoms with Crippen molar-refractivity contribution in [2.75, 3.05) is 6.61 Å². The Morgan fingerprint density at radius 1 is 1.19 bits per heavy atom. The lowest BCUT2D eigenvalue weighted by Gasteiger charge is -2.05. The maximum Gasteiger partial charge on any atom is 0.279 e. The van der Waals surface area contributed by atoms with Crippen molar-refractivity contribution >= 4 is 39.1 Å². The van der Waals surface area contributed by atoms with Crippen LogP contribution in [0.2, 0.25) is 5.02 Å². The number of nitrogens with zero attached hydrogens (tertiary/aromatic N) is 2. The molecule has 0 N–H and O–H groups in total. The highest BCUT2D eigenvalue weighted by molar-refractivity contribution is 7.16. The van der Waals surface area contributed by atoms with Crippen LogP contribution in [0.5, 0.6) is 5.75 Å². The second-order valence-electron chi connectivity index (χ2n) is 5.88. The van der Waals surface area contributed by atoms with Crippen LogP contribution in [-0.2, 0) is 6.54 Å². The molecule has 0 aliphatic carbocycles. The van der Waals surface area contributed by atoms with Crippen molar-refractivity contribution in [3.05, 3.63) is 57.9 Å². The van der Waals surface area contributed by atoms with E-state index in [0.29, 0.717) is 22.0 Å². The summed E-state index contributed by atoms with van der Waals surface area (Å²) in [5, 5.41) is 0.679. The Kier molecular flexibility index (Phi) is 6.12. The van der Waals surface area contributed by atoms with Gasteiger partial charge in [-0.15, -0.1) is 0 Å². The third-order valence-corrected chi connectivity index (χ3v) is 5.30. The van der Waals surface area contributed by atoms with Crippen molar-refractivity contribution in [1.82, 2.24) is 4.57 Å². The lowest BCUT2D eigenvalue weighted by molar-refractivity contribution is 0.0998. The maximum absolute atomic E-state index is 12.6. The van der Waals surface area contributed by atoms with E-state index in [1.807, 2.05) is 41.8 Å². The number of thiazole rings is 1. The summed E-state index contributed by atoms with van der Waals surface area (Å²) in [5.41, 5.74) is 1.58. The lowest BCUT2D eigenvalue weighted by Crippen LogP contribution is -2.15. The van der Waals surface area contributed by atoms with Gasteiger partial charge in [0.1, 0.15) is 5.75 Å². The number of hydrogen-bond donors (Lipinski definition) is 0. The average Bonchev–Trinajstić information content (AvgIpc) is 2.98. The van der Waals surface area contributed by atoms with E-state index < -0.39 is 0 Å². The van der Waals surface area contributed by atoms with Gasteiger partial charge in [0.25, 0.3) is 5.91 Å². The topological polar surface area (TPSA) is 43.6 Å². The number of aryl methyl sites for hydroxylation is 1. The Hall–Kier alpha value is -2.11. The minimum Gasteiger partial charge on any atom is -0.494 e. The van der Waals surface area contributed by atoms with Gasteiger partial charge in [0.15, 0.2) is 4.80 Å². The summed E-state index contributed by atoms with van der Waals surface area (Å²) in [6.07, 6.45) is 2.11. The minimum atomic E-state index is -0.259. The summed E-state index contributed by atoms with van der Waals surface area (Å²) < 4.78 is 8.67. The zero-order valence-electron chi connectivity index (χ0n) is 14.9. The second kappa shape index (κ2) is 8.52. The van der Waals surface area contributed by atoms with Crippen LogP contribution < -0.4 is 9.54 Å². The molecule has 6 heteroatoms. The molecule has 1 amide bonds. The number of hydrogen-bond acceptors (Lipinski definition) is 3. The molecule has 0 fully saturated rings. The fourth-order valence-corrected chi connectivity index (χ4v) is 3.99. The van der Waals surface area contributed by atoms with E-state index in [4.69, 9.17) is 16.3 Å². The van der Waals surface area contributed by atoms with Crippen LogP contribution in [0.3, 0.4) is 0 Å². The number of amides is 1. The smallest absolute Gasteiger partial charge is 0.279 e. The van der Waals surface area contributed by atoms with E-state index in [1.54, 1.807) is 12.1 Å². The third-order valence-electron chi connectivity index (χ3n) is 4.03. The van der Waals surface area contributed by atoms with E-state index >= 15 is 0 Å². The zero-order valence-corrected chi connectivity index (χ0v) is 16.4. The van der Waals surface area contributed by atoms with E-state index in [9.17, 15) is 4.79 Å². The first-order chi connectivity index (χ1) is 12.6. The number of rotatable bonds is 6. The molecule has 0 aliphatic heterocycles. The van der Waals surface area contributed by atoms with Gasteiger partial charge in [-0.3, -0.25) is 4.79 Å². The Morgan fingerprint density at radius 2 is 1.96 bits per heavy atom. The molecular formula is C20H21ClN2O2S. The van der Waals surface area contributed by atoms with Crippen molar-refractivity contribution in [3.8, 4) is 5.75 Å². The van der Waals surface area contributed by atoms with Gasteiger partial charge < -0.3 is 9.30 Å². The van der Waals surface area contributed by atoms with E-state index in [0.717, 1.165) is 35.4 Å². The molecule has 0 radical (unpaired) electrons. The van der Waals surface area contributed by atoms with Crippen LogP contribution in [0.15, 0.2) is 47.5 Å². The van der Waals surface area contributed by atoms with Crippen LogP contribution in [0.25, 0.3) is 10.2 Å². The van der Waals surface area contributed by atoms with Gasteiger partial charge in [0, 0.05) is 17.1 Å². The fraction of sp³-hybridized carbons (Fsp3) is 0.300. The highest BCUT2D eigenvalue weighted by Gasteiger charge is 2.09. The van der Waals surface area contributed by atoms with E-state index in [1.165, 1.54) is 11.3 Å². The molecule has 26 heavy (non-hydrogen) atoms. The Balaban J connectivity index is 1.87. The summed E-state index contributed by atoms with van der Waals surface area (Å²) in [5.74, 6) is 0.514. The first-order valence-electron chi connectivity index (χ1n) is 8.73. The zero-order chi connectivity index (χ0) is 18.5. The predicted molar refractivity (Wildman–Crippen MR) is 107 cm³/mol. The van der Waals surface area contributed by atoms with Gasteiger partial charge in [0.2, 0.25) is 0 Å². The standard InChI is InChI=1S/C20H21ClN2O2S/c1-3-5-12-25-16-9-6-14(7-10-16)19(24)22-20-23(4-2)17-11-8-15(21)13-18(17)26-20/h6-11,13H,3-5,12H2,1-2H3. The number of unbranched alkanes of at least 4 members (excludes halogenated alkanes) is 1. The lowest BCUT2D eigenvalue weighted by atomic mass is 10.2. The monoisotopic (exact) mass is 388 g/mol. The molecule has 0 bridgehead atoms. The largest absolute Gasteiger partial charge is 0.494 e. The summed E-state index contributed by atoms with van der Waals surface area (Å²) in [4.78, 5) is 17.6. The third kappa shape index (κ3) is 4.17. The van der Waals surface area contributed by atoms with Crippen LogP contribution in [0, 0.1) is 0 Å². The summed E-state index contributed by atoms with van der Waals surface area (Å²) in [7, 11) is 0. The molecule has 0 aliphatic rings. The molecule has 3 rings (SSSR count). The molecule has 0 unspecified atom stereocenters. The molecule has 1 aromatic heterocycles. The van der Waals surface area contributed by atoms with Crippen molar-refractivity contribution in [3.63, 3.8) is 0 Å². The SMILES string of the molecule is CCCCOc1ccc(C(=O)N=c2sc3cc(Cl)ccc3n2CC)cc1. The van der Waals surface area contributed by atoms with Crippen LogP contribution in [-0.4, -0.2) is 17.1 Å². The molecule has 0 saturated carbocycles. The van der Waals surface area contributed by atoms with Gasteiger partial charge in [-0.25, -0.2) is 0 Å². The van der Waals surface area contributed by atoms with E-state index in [2.05, 4.69) is 11.9 Å². The van der Waals surface area contributed by atoms with Crippen molar-refractivity contribution < 1.29 is 9.53 Å². The maximum atomic E-state index is 12.6. The molecule has 0 atom stereocenters. The van der Waals surface area contributed by atoms with E-state index in [-0.39, 0.29) is 5.91 Å². The van der Waals surface area contributed by atoms with Crippen LogP contribution >= 0.6 is 22.9 Å². The number of benzene rings is 2. The number of carbonyl (C=O) groups is 1. The highest BCUT2D eigenvalue weighted by Crippen LogP contribution is 2.22. The number of halogens is 1. The molecule has 0 saturated heterocycles. The van der Waals surface area contributed by atoms with Gasteiger partial charge in [-0.05, 0) is 55.8 Å². The number of carbonyl (C=O) groups excluding carboxylic acids is 1. The molecular weight excluding hydrogens is 368 g/mol. The summed E-state index contributed by atoms with van der Waals surface area (Å²) >= 11 is 7.54. The van der Waals surface area contributed by atoms with Gasteiger partial charge >= 0.3 is 0 Å². The van der Waals surface area contributed by atoms with Crippen LogP contribution in [0.4, 0.5) is 0 Å². The Bertz CT molecular complexity index is 974. The average molecular weight is 389 g/mol. The molecule has 136 valence electrons. The minimum absolute atomic E-state index is 0.259. The number of fused-ring (bicyclic) bond motifs is 1.